The van der Waals surface area contributed by atoms with Crippen molar-refractivity contribution in [2.24, 2.45) is 0 Å². The Morgan fingerprint density at radius 2 is 1.48 bits per heavy atom. The Balaban J connectivity index is 2.12. The fourth-order valence-corrected chi connectivity index (χ4v) is 2.15. The van der Waals surface area contributed by atoms with Gasteiger partial charge in [0.25, 0.3) is 5.91 Å². The van der Waals surface area contributed by atoms with E-state index < -0.39 is 29.1 Å². The van der Waals surface area contributed by atoms with Gasteiger partial charge in [-0.2, -0.15) is 0 Å². The third kappa shape index (κ3) is 3.71. The van der Waals surface area contributed by atoms with Crippen molar-refractivity contribution in [3.63, 3.8) is 0 Å². The van der Waals surface area contributed by atoms with Crippen molar-refractivity contribution in [3.8, 4) is 0 Å². The molecule has 2 aromatic rings. The van der Waals surface area contributed by atoms with Crippen LogP contribution in [0.4, 0.5) is 19.3 Å². The van der Waals surface area contributed by atoms with E-state index in [-0.39, 0.29) is 0 Å². The molecule has 0 aliphatic heterocycles. The lowest BCUT2D eigenvalue weighted by Crippen LogP contribution is -2.35. The molecule has 2 rings (SSSR count). The van der Waals surface area contributed by atoms with Gasteiger partial charge in [0.2, 0.25) is 0 Å². The van der Waals surface area contributed by atoms with E-state index in [9.17, 15) is 18.4 Å². The zero-order chi connectivity index (χ0) is 17.1. The molecule has 0 aliphatic rings. The lowest BCUT2D eigenvalue weighted by molar-refractivity contribution is 0.0959. The number of imide groups is 1. The number of amides is 3. The average molecular weight is 318 g/mol. The van der Waals surface area contributed by atoms with Gasteiger partial charge in [0.15, 0.2) is 0 Å². The van der Waals surface area contributed by atoms with Crippen molar-refractivity contribution in [1.82, 2.24) is 5.32 Å². The maximum absolute atomic E-state index is 13.5. The molecule has 0 spiro atoms. The Morgan fingerprint density at radius 1 is 0.957 bits per heavy atom. The minimum atomic E-state index is -1.14. The van der Waals surface area contributed by atoms with Crippen LogP contribution in [-0.4, -0.2) is 11.9 Å². The summed E-state index contributed by atoms with van der Waals surface area (Å²) in [6.07, 6.45) is 0. The number of urea groups is 1. The van der Waals surface area contributed by atoms with Gasteiger partial charge in [0.1, 0.15) is 17.2 Å². The minimum Gasteiger partial charge on any atom is -0.308 e. The zero-order valence-corrected chi connectivity index (χ0v) is 13.0. The quantitative estimate of drug-likeness (QED) is 0.883. The van der Waals surface area contributed by atoms with E-state index in [1.807, 2.05) is 26.1 Å². The van der Waals surface area contributed by atoms with Crippen molar-refractivity contribution < 1.29 is 18.4 Å². The number of aryl methyl sites for hydroxylation is 2. The van der Waals surface area contributed by atoms with Gasteiger partial charge in [0.05, 0.1) is 0 Å². The fourth-order valence-electron chi connectivity index (χ4n) is 2.15. The molecule has 2 N–H and O–H groups in total. The van der Waals surface area contributed by atoms with E-state index >= 15 is 0 Å². The highest BCUT2D eigenvalue weighted by Gasteiger charge is 2.19. The molecule has 0 bridgehead atoms. The molecule has 120 valence electrons. The second-order valence-corrected chi connectivity index (χ2v) is 5.24. The number of nitrogens with one attached hydrogen (secondary N) is 2. The SMILES string of the molecule is Cc1cc(NC(=O)NC(=O)c2c(F)cccc2F)cc(C)c1C. The number of benzene rings is 2. The first-order valence-electron chi connectivity index (χ1n) is 6.93. The molecule has 0 heterocycles. The fraction of sp³-hybridized carbons (Fsp3) is 0.176. The number of hydrogen-bond acceptors (Lipinski definition) is 2. The summed E-state index contributed by atoms with van der Waals surface area (Å²) in [4.78, 5) is 23.7. The topological polar surface area (TPSA) is 58.2 Å². The third-order valence-corrected chi connectivity index (χ3v) is 3.60. The van der Waals surface area contributed by atoms with E-state index in [0.717, 1.165) is 34.9 Å². The van der Waals surface area contributed by atoms with Crippen molar-refractivity contribution in [1.29, 1.82) is 0 Å². The van der Waals surface area contributed by atoms with Crippen LogP contribution in [0, 0.1) is 32.4 Å². The van der Waals surface area contributed by atoms with Crippen molar-refractivity contribution in [3.05, 3.63) is 64.2 Å². The molecule has 0 saturated carbocycles. The zero-order valence-electron chi connectivity index (χ0n) is 13.0. The highest BCUT2D eigenvalue weighted by Crippen LogP contribution is 2.19. The van der Waals surface area contributed by atoms with Crippen LogP contribution in [0.1, 0.15) is 27.0 Å². The van der Waals surface area contributed by atoms with Crippen LogP contribution in [-0.2, 0) is 0 Å². The Morgan fingerprint density at radius 3 is 2.00 bits per heavy atom. The summed E-state index contributed by atoms with van der Waals surface area (Å²) in [5.41, 5.74) is 2.75. The van der Waals surface area contributed by atoms with Crippen molar-refractivity contribution >= 4 is 17.6 Å². The van der Waals surface area contributed by atoms with E-state index in [1.165, 1.54) is 0 Å². The van der Waals surface area contributed by atoms with Crippen LogP contribution in [0.25, 0.3) is 0 Å². The molecule has 0 aliphatic carbocycles. The Labute approximate surface area is 132 Å². The van der Waals surface area contributed by atoms with Crippen molar-refractivity contribution in [2.75, 3.05) is 5.32 Å². The van der Waals surface area contributed by atoms with Gasteiger partial charge in [-0.05, 0) is 61.7 Å². The maximum Gasteiger partial charge on any atom is 0.326 e. The molecule has 2 aromatic carbocycles. The molecule has 0 atom stereocenters. The number of carbonyl (C=O) groups excluding carboxylic acids is 2. The molecule has 0 saturated heterocycles. The monoisotopic (exact) mass is 318 g/mol. The molecule has 0 radical (unpaired) electrons. The van der Waals surface area contributed by atoms with Gasteiger partial charge in [-0.3, -0.25) is 10.1 Å². The Kier molecular flexibility index (Phi) is 4.74. The van der Waals surface area contributed by atoms with E-state index in [2.05, 4.69) is 5.32 Å². The van der Waals surface area contributed by atoms with Crippen LogP contribution in [0.2, 0.25) is 0 Å². The summed E-state index contributed by atoms with van der Waals surface area (Å²) in [6, 6.07) is 5.66. The largest absolute Gasteiger partial charge is 0.326 e. The van der Waals surface area contributed by atoms with Crippen LogP contribution in [0.3, 0.4) is 0 Å². The van der Waals surface area contributed by atoms with E-state index in [0.29, 0.717) is 5.69 Å². The van der Waals surface area contributed by atoms with Gasteiger partial charge < -0.3 is 5.32 Å². The van der Waals surface area contributed by atoms with Gasteiger partial charge in [-0.25, -0.2) is 13.6 Å². The second-order valence-electron chi connectivity index (χ2n) is 5.24. The van der Waals surface area contributed by atoms with Gasteiger partial charge >= 0.3 is 6.03 Å². The van der Waals surface area contributed by atoms with Crippen LogP contribution < -0.4 is 10.6 Å². The molecule has 3 amide bonds. The molecular weight excluding hydrogens is 302 g/mol. The second kappa shape index (κ2) is 6.56. The predicted octanol–water partition coefficient (Wildman–Crippen LogP) is 3.85. The molecule has 6 heteroatoms. The van der Waals surface area contributed by atoms with Crippen LogP contribution >= 0.6 is 0 Å². The summed E-state index contributed by atoms with van der Waals surface area (Å²) in [7, 11) is 0. The highest BCUT2D eigenvalue weighted by molar-refractivity contribution is 6.08. The normalized spacial score (nSPS) is 10.3. The smallest absolute Gasteiger partial charge is 0.308 e. The summed E-state index contributed by atoms with van der Waals surface area (Å²) >= 11 is 0. The summed E-state index contributed by atoms with van der Waals surface area (Å²) in [5.74, 6) is -3.20. The lowest BCUT2D eigenvalue weighted by Gasteiger charge is -2.11. The molecule has 0 unspecified atom stereocenters. The maximum atomic E-state index is 13.5. The minimum absolute atomic E-state index is 0.491. The van der Waals surface area contributed by atoms with Gasteiger partial charge in [0, 0.05) is 5.69 Å². The first-order valence-corrected chi connectivity index (χ1v) is 6.93. The van der Waals surface area contributed by atoms with Crippen LogP contribution in [0.15, 0.2) is 30.3 Å². The summed E-state index contributed by atoms with van der Waals surface area (Å²) in [5, 5.41) is 4.39. The Bertz CT molecular complexity index is 745. The third-order valence-electron chi connectivity index (χ3n) is 3.60. The van der Waals surface area contributed by atoms with Crippen LogP contribution in [0.5, 0.6) is 0 Å². The first-order chi connectivity index (χ1) is 10.8. The Hall–Kier alpha value is -2.76. The van der Waals surface area contributed by atoms with Gasteiger partial charge in [-0.15, -0.1) is 0 Å². The number of halogens is 2. The van der Waals surface area contributed by atoms with Gasteiger partial charge in [-0.1, -0.05) is 6.07 Å². The standard InChI is InChI=1S/C17H16F2N2O2/c1-9-7-12(8-10(2)11(9)3)20-17(23)21-16(22)15-13(18)5-4-6-14(15)19/h4-8H,1-3H3,(H2,20,21,22,23). The molecule has 23 heavy (non-hydrogen) atoms. The number of carbonyl (C=O) groups is 2. The van der Waals surface area contributed by atoms with E-state index in [1.54, 1.807) is 12.1 Å². The molecule has 0 aromatic heterocycles. The number of rotatable bonds is 2. The highest BCUT2D eigenvalue weighted by atomic mass is 19.1. The molecular formula is C17H16F2N2O2. The summed E-state index contributed by atoms with van der Waals surface area (Å²) in [6.45, 7) is 5.75. The summed E-state index contributed by atoms with van der Waals surface area (Å²) < 4.78 is 27.0. The lowest BCUT2D eigenvalue weighted by atomic mass is 10.0. The first kappa shape index (κ1) is 16.6. The average Bonchev–Trinajstić information content (AvgIpc) is 2.44. The molecule has 4 nitrogen and oxygen atoms in total. The van der Waals surface area contributed by atoms with Crippen molar-refractivity contribution in [2.45, 2.75) is 20.8 Å². The molecule has 0 fully saturated rings. The predicted molar refractivity (Wildman–Crippen MR) is 83.5 cm³/mol. The number of hydrogen-bond donors (Lipinski definition) is 2. The number of anilines is 1. The van der Waals surface area contributed by atoms with E-state index in [4.69, 9.17) is 0 Å².